The van der Waals surface area contributed by atoms with E-state index in [1.165, 1.54) is 6.20 Å². The van der Waals surface area contributed by atoms with Crippen LogP contribution in [0.25, 0.3) is 11.0 Å². The molecule has 1 N–H and O–H groups in total. The molecule has 1 aliphatic carbocycles. The molecule has 196 valence electrons. The van der Waals surface area contributed by atoms with Gasteiger partial charge in [-0.05, 0) is 65.4 Å². The number of nitrogens with zero attached hydrogens (tertiary/aromatic N) is 2. The third-order valence-corrected chi connectivity index (χ3v) is 7.68. The lowest BCUT2D eigenvalue weighted by atomic mass is 9.69. The molecule has 3 saturated heterocycles. The average molecular weight is 502 g/mol. The minimum Gasteiger partial charge on any atom is -0.471 e. The highest BCUT2D eigenvalue weighted by atomic mass is 19.1. The van der Waals surface area contributed by atoms with Crippen molar-refractivity contribution in [3.63, 3.8) is 0 Å². The molecule has 1 amide bonds. The van der Waals surface area contributed by atoms with Crippen molar-refractivity contribution >= 4 is 17.1 Å². The summed E-state index contributed by atoms with van der Waals surface area (Å²) in [4.78, 5) is 21.2. The van der Waals surface area contributed by atoms with E-state index in [4.69, 9.17) is 18.9 Å². The number of amides is 1. The van der Waals surface area contributed by atoms with E-state index in [0.29, 0.717) is 55.1 Å². The molecule has 1 saturated carbocycles. The van der Waals surface area contributed by atoms with E-state index in [2.05, 4.69) is 22.2 Å². The van der Waals surface area contributed by atoms with Gasteiger partial charge in [0.15, 0.2) is 0 Å². The summed E-state index contributed by atoms with van der Waals surface area (Å²) in [5.74, 6) is 0.369. The molecule has 0 aromatic carbocycles. The summed E-state index contributed by atoms with van der Waals surface area (Å²) in [6, 6.07) is 3.61. The topological polar surface area (TPSA) is 91.8 Å². The predicted octanol–water partition coefficient (Wildman–Crippen LogP) is 4.72. The molecule has 2 atom stereocenters. The summed E-state index contributed by atoms with van der Waals surface area (Å²) in [7, 11) is 0. The van der Waals surface area contributed by atoms with Crippen molar-refractivity contribution in [3.05, 3.63) is 29.7 Å². The molecule has 36 heavy (non-hydrogen) atoms. The van der Waals surface area contributed by atoms with Crippen molar-refractivity contribution in [1.82, 2.24) is 15.3 Å². The van der Waals surface area contributed by atoms with Crippen molar-refractivity contribution in [2.24, 2.45) is 5.92 Å². The molecule has 8 nitrogen and oxygen atoms in total. The van der Waals surface area contributed by atoms with Gasteiger partial charge in [-0.1, -0.05) is 6.92 Å². The lowest BCUT2D eigenvalue weighted by Gasteiger charge is -2.53. The van der Waals surface area contributed by atoms with E-state index < -0.39 is 17.2 Å². The van der Waals surface area contributed by atoms with Gasteiger partial charge >= 0.3 is 6.09 Å². The Kier molecular flexibility index (Phi) is 6.57. The Morgan fingerprint density at radius 3 is 2.64 bits per heavy atom. The summed E-state index contributed by atoms with van der Waals surface area (Å²) in [5, 5.41) is 3.05. The number of carbonyl (C=O) groups excluding carboxylic acids is 1. The van der Waals surface area contributed by atoms with Crippen LogP contribution >= 0.6 is 0 Å². The van der Waals surface area contributed by atoms with Gasteiger partial charge < -0.3 is 24.3 Å². The van der Waals surface area contributed by atoms with Crippen molar-refractivity contribution < 1.29 is 28.1 Å². The summed E-state index contributed by atoms with van der Waals surface area (Å²) in [5.41, 5.74) is 0.434. The fourth-order valence-electron chi connectivity index (χ4n) is 5.45. The number of fused-ring (bicyclic) bond motifs is 4. The number of hydrogen-bond donors (Lipinski definition) is 1. The lowest BCUT2D eigenvalue weighted by Crippen LogP contribution is -2.63. The molecule has 2 aromatic heterocycles. The van der Waals surface area contributed by atoms with Gasteiger partial charge in [0.2, 0.25) is 5.88 Å². The van der Waals surface area contributed by atoms with E-state index >= 15 is 0 Å². The van der Waals surface area contributed by atoms with Crippen molar-refractivity contribution in [3.8, 4) is 5.88 Å². The monoisotopic (exact) mass is 501 g/mol. The summed E-state index contributed by atoms with van der Waals surface area (Å²) < 4.78 is 38.3. The number of rotatable bonds is 6. The van der Waals surface area contributed by atoms with Crippen molar-refractivity contribution in [2.75, 3.05) is 19.8 Å². The molecule has 2 aromatic rings. The van der Waals surface area contributed by atoms with Crippen LogP contribution in [-0.2, 0) is 20.6 Å². The quantitative estimate of drug-likeness (QED) is 0.612. The number of alkyl carbamates (subject to hydrolysis) is 1. The van der Waals surface area contributed by atoms with Gasteiger partial charge in [-0.3, -0.25) is 4.98 Å². The highest BCUT2D eigenvalue weighted by Crippen LogP contribution is 2.46. The SMILES string of the molecule is C[C@H]1COC[C@@H]1Oc1ccc2ncc(F)c(CCC34CCC(NC(=O)OC(C)(C)C)(CC3)CO4)c2n1. The Morgan fingerprint density at radius 2 is 2.00 bits per heavy atom. The number of ether oxygens (including phenoxy) is 4. The van der Waals surface area contributed by atoms with Crippen LogP contribution in [0.2, 0.25) is 0 Å². The molecule has 4 fully saturated rings. The van der Waals surface area contributed by atoms with Crippen LogP contribution in [0.4, 0.5) is 9.18 Å². The molecule has 0 radical (unpaired) electrons. The summed E-state index contributed by atoms with van der Waals surface area (Å²) in [6.45, 7) is 9.26. The second-order valence-electron chi connectivity index (χ2n) is 11.7. The van der Waals surface area contributed by atoms with Crippen LogP contribution < -0.4 is 10.1 Å². The average Bonchev–Trinajstić information content (AvgIpc) is 3.22. The standard InChI is InChI=1S/C27H36FN3O5/c1-17-14-33-15-21(17)35-22-6-5-20-23(30-22)18(19(28)13-29-20)7-8-27-11-9-26(10-12-27,16-34-27)31-24(32)36-25(2,3)4/h5-6,13,17,21H,7-12,14-16H2,1-4H3,(H,31,32)/t17-,21-,26?,27?/m0/s1. The molecule has 0 spiro atoms. The number of pyridine rings is 2. The zero-order valence-corrected chi connectivity index (χ0v) is 21.6. The van der Waals surface area contributed by atoms with E-state index in [9.17, 15) is 9.18 Å². The Morgan fingerprint density at radius 1 is 1.22 bits per heavy atom. The van der Waals surface area contributed by atoms with Gasteiger partial charge in [-0.25, -0.2) is 14.2 Å². The van der Waals surface area contributed by atoms with E-state index in [1.54, 1.807) is 6.07 Å². The summed E-state index contributed by atoms with van der Waals surface area (Å²) >= 11 is 0. The van der Waals surface area contributed by atoms with Gasteiger partial charge in [0, 0.05) is 17.5 Å². The first kappa shape index (κ1) is 25.1. The Hall–Kier alpha value is -2.52. The molecule has 2 bridgehead atoms. The molecule has 9 heteroatoms. The fourth-order valence-corrected chi connectivity index (χ4v) is 5.45. The first-order valence-corrected chi connectivity index (χ1v) is 12.9. The van der Waals surface area contributed by atoms with Crippen molar-refractivity contribution in [1.29, 1.82) is 0 Å². The number of halogens is 1. The zero-order valence-electron chi connectivity index (χ0n) is 21.6. The maximum absolute atomic E-state index is 15.0. The number of aromatic nitrogens is 2. The molecule has 4 aliphatic rings. The highest BCUT2D eigenvalue weighted by molar-refractivity contribution is 5.78. The van der Waals surface area contributed by atoms with Crippen LogP contribution in [-0.4, -0.2) is 58.7 Å². The number of nitrogens with one attached hydrogen (secondary N) is 1. The Labute approximate surface area is 211 Å². The van der Waals surface area contributed by atoms with E-state index in [1.807, 2.05) is 26.8 Å². The second-order valence-corrected chi connectivity index (χ2v) is 11.7. The molecular weight excluding hydrogens is 465 g/mol. The smallest absolute Gasteiger partial charge is 0.408 e. The Balaban J connectivity index is 1.26. The Bertz CT molecular complexity index is 1110. The van der Waals surface area contributed by atoms with Crippen LogP contribution in [0.3, 0.4) is 0 Å². The molecule has 5 heterocycles. The normalized spacial score (nSPS) is 29.9. The van der Waals surface area contributed by atoms with Crippen LogP contribution in [0.5, 0.6) is 5.88 Å². The van der Waals surface area contributed by atoms with Gasteiger partial charge in [-0.2, -0.15) is 0 Å². The highest BCUT2D eigenvalue weighted by Gasteiger charge is 2.50. The zero-order chi connectivity index (χ0) is 25.6. The summed E-state index contributed by atoms with van der Waals surface area (Å²) in [6.07, 6.45) is 5.17. The minimum absolute atomic E-state index is 0.0637. The number of hydrogen-bond acceptors (Lipinski definition) is 7. The number of aryl methyl sites for hydroxylation is 1. The van der Waals surface area contributed by atoms with Crippen molar-refractivity contribution in [2.45, 2.75) is 89.1 Å². The van der Waals surface area contributed by atoms with Crippen LogP contribution in [0.1, 0.15) is 65.4 Å². The van der Waals surface area contributed by atoms with Gasteiger partial charge in [-0.15, -0.1) is 0 Å². The van der Waals surface area contributed by atoms with Gasteiger partial charge in [0.25, 0.3) is 0 Å². The number of carbonyl (C=O) groups is 1. The molecule has 0 unspecified atom stereocenters. The first-order valence-electron chi connectivity index (χ1n) is 12.9. The van der Waals surface area contributed by atoms with Gasteiger partial charge in [0.05, 0.1) is 48.2 Å². The van der Waals surface area contributed by atoms with Gasteiger partial charge in [0.1, 0.15) is 17.5 Å². The fraction of sp³-hybridized carbons (Fsp3) is 0.667. The second kappa shape index (κ2) is 9.41. The van der Waals surface area contributed by atoms with Crippen LogP contribution in [0, 0.1) is 11.7 Å². The third-order valence-electron chi connectivity index (χ3n) is 7.68. The largest absolute Gasteiger partial charge is 0.471 e. The third kappa shape index (κ3) is 5.27. The minimum atomic E-state index is -0.547. The first-order chi connectivity index (χ1) is 17.1. The van der Waals surface area contributed by atoms with Crippen LogP contribution in [0.15, 0.2) is 18.3 Å². The molecular formula is C27H36FN3O5. The maximum Gasteiger partial charge on any atom is 0.408 e. The molecule has 6 rings (SSSR count). The lowest BCUT2D eigenvalue weighted by molar-refractivity contribution is -0.163. The molecule has 3 aliphatic heterocycles. The predicted molar refractivity (Wildman–Crippen MR) is 131 cm³/mol. The van der Waals surface area contributed by atoms with E-state index in [-0.39, 0.29) is 23.4 Å². The van der Waals surface area contributed by atoms with E-state index in [0.717, 1.165) is 25.7 Å². The maximum atomic E-state index is 15.0.